The van der Waals surface area contributed by atoms with Crippen molar-refractivity contribution in [3.63, 3.8) is 0 Å². The fourth-order valence-corrected chi connectivity index (χ4v) is 5.44. The summed E-state index contributed by atoms with van der Waals surface area (Å²) in [7, 11) is 0. The van der Waals surface area contributed by atoms with Crippen molar-refractivity contribution in [3.05, 3.63) is 23.8 Å². The summed E-state index contributed by atoms with van der Waals surface area (Å²) in [5, 5.41) is 0. The van der Waals surface area contributed by atoms with Crippen molar-refractivity contribution < 1.29 is 4.79 Å². The Labute approximate surface area is 139 Å². The highest BCUT2D eigenvalue weighted by atomic mass is 16.2. The second kappa shape index (κ2) is 5.85. The molecule has 1 amide bonds. The summed E-state index contributed by atoms with van der Waals surface area (Å²) < 4.78 is 0. The first-order valence-electron chi connectivity index (χ1n) is 9.42. The minimum absolute atomic E-state index is 0.0861. The highest BCUT2D eigenvalue weighted by Gasteiger charge is 2.49. The number of hydrogen-bond acceptors (Lipinski definition) is 2. The van der Waals surface area contributed by atoms with Crippen molar-refractivity contribution in [2.24, 2.45) is 5.92 Å². The van der Waals surface area contributed by atoms with Crippen LogP contribution >= 0.6 is 0 Å². The van der Waals surface area contributed by atoms with E-state index in [4.69, 9.17) is 5.73 Å². The van der Waals surface area contributed by atoms with Crippen LogP contribution in [0.1, 0.15) is 69.8 Å². The van der Waals surface area contributed by atoms with Crippen molar-refractivity contribution in [3.8, 4) is 0 Å². The zero-order valence-electron chi connectivity index (χ0n) is 14.0. The Morgan fingerprint density at radius 3 is 2.48 bits per heavy atom. The first kappa shape index (κ1) is 15.0. The third kappa shape index (κ3) is 2.45. The Bertz CT molecular complexity index is 598. The normalized spacial score (nSPS) is 24.7. The number of amides is 1. The number of anilines is 2. The van der Waals surface area contributed by atoms with Crippen LogP contribution in [0.2, 0.25) is 0 Å². The van der Waals surface area contributed by atoms with Crippen molar-refractivity contribution in [1.82, 2.24) is 0 Å². The molecule has 0 spiro atoms. The smallest absolute Gasteiger partial charge is 0.227 e. The van der Waals surface area contributed by atoms with E-state index in [1.54, 1.807) is 0 Å². The molecular weight excluding hydrogens is 284 g/mol. The standard InChI is InChI=1S/C20H28N2O/c21-17-9-10-18-15(14-17)8-11-19(23)22(18)20(12-4-5-13-20)16-6-2-1-3-7-16/h9-10,14,16H,1-8,11-13,21H2. The summed E-state index contributed by atoms with van der Waals surface area (Å²) in [4.78, 5) is 15.2. The maximum Gasteiger partial charge on any atom is 0.227 e. The number of hydrogen-bond donors (Lipinski definition) is 1. The van der Waals surface area contributed by atoms with E-state index in [9.17, 15) is 4.79 Å². The van der Waals surface area contributed by atoms with E-state index in [0.717, 1.165) is 17.8 Å². The molecule has 23 heavy (non-hydrogen) atoms. The van der Waals surface area contributed by atoms with Gasteiger partial charge in [0, 0.05) is 17.8 Å². The number of nitrogens with two attached hydrogens (primary N) is 1. The molecule has 2 N–H and O–H groups in total. The van der Waals surface area contributed by atoms with Crippen LogP contribution in [-0.4, -0.2) is 11.4 Å². The number of nitrogens with zero attached hydrogens (tertiary/aromatic N) is 1. The van der Waals surface area contributed by atoms with Gasteiger partial charge in [-0.05, 0) is 61.8 Å². The van der Waals surface area contributed by atoms with E-state index in [-0.39, 0.29) is 5.54 Å². The zero-order valence-corrected chi connectivity index (χ0v) is 14.0. The highest BCUT2D eigenvalue weighted by Crippen LogP contribution is 2.50. The maximum atomic E-state index is 13.0. The highest BCUT2D eigenvalue weighted by molar-refractivity contribution is 5.98. The number of aryl methyl sites for hydroxylation is 1. The molecule has 3 heteroatoms. The molecule has 0 aromatic heterocycles. The van der Waals surface area contributed by atoms with Gasteiger partial charge in [-0.25, -0.2) is 0 Å². The Morgan fingerprint density at radius 2 is 1.74 bits per heavy atom. The lowest BCUT2D eigenvalue weighted by Crippen LogP contribution is -2.57. The van der Waals surface area contributed by atoms with Gasteiger partial charge in [0.2, 0.25) is 5.91 Å². The molecule has 0 atom stereocenters. The van der Waals surface area contributed by atoms with Crippen molar-refractivity contribution in [1.29, 1.82) is 0 Å². The van der Waals surface area contributed by atoms with Gasteiger partial charge in [-0.1, -0.05) is 32.1 Å². The van der Waals surface area contributed by atoms with E-state index in [2.05, 4.69) is 17.0 Å². The van der Waals surface area contributed by atoms with Crippen LogP contribution in [0, 0.1) is 5.92 Å². The summed E-state index contributed by atoms with van der Waals surface area (Å²) in [5.41, 5.74) is 9.32. The molecule has 0 bridgehead atoms. The van der Waals surface area contributed by atoms with Crippen LogP contribution in [0.15, 0.2) is 18.2 Å². The lowest BCUT2D eigenvalue weighted by Gasteiger charge is -2.50. The molecule has 2 fully saturated rings. The molecule has 3 nitrogen and oxygen atoms in total. The average Bonchev–Trinajstić information content (AvgIpc) is 3.06. The lowest BCUT2D eigenvalue weighted by atomic mass is 9.71. The second-order valence-electron chi connectivity index (χ2n) is 7.76. The summed E-state index contributed by atoms with van der Waals surface area (Å²) in [6, 6.07) is 6.15. The Hall–Kier alpha value is -1.51. The van der Waals surface area contributed by atoms with Crippen molar-refractivity contribution >= 4 is 17.3 Å². The first-order valence-corrected chi connectivity index (χ1v) is 9.42. The first-order chi connectivity index (χ1) is 11.2. The van der Waals surface area contributed by atoms with Gasteiger partial charge >= 0.3 is 0 Å². The Kier molecular flexibility index (Phi) is 3.82. The van der Waals surface area contributed by atoms with Gasteiger partial charge in [0.05, 0.1) is 5.54 Å². The van der Waals surface area contributed by atoms with Gasteiger partial charge < -0.3 is 10.6 Å². The topological polar surface area (TPSA) is 46.3 Å². The predicted molar refractivity (Wildman–Crippen MR) is 94.4 cm³/mol. The number of nitrogen functional groups attached to an aromatic ring is 1. The fourth-order valence-electron chi connectivity index (χ4n) is 5.44. The molecule has 1 heterocycles. The minimum atomic E-state index is 0.0861. The van der Waals surface area contributed by atoms with Gasteiger partial charge in [0.15, 0.2) is 0 Å². The third-order valence-electron chi connectivity index (χ3n) is 6.48. The maximum absolute atomic E-state index is 13.0. The monoisotopic (exact) mass is 312 g/mol. The largest absolute Gasteiger partial charge is 0.399 e. The van der Waals surface area contributed by atoms with Gasteiger partial charge in [0.25, 0.3) is 0 Å². The second-order valence-corrected chi connectivity index (χ2v) is 7.76. The van der Waals surface area contributed by atoms with Gasteiger partial charge in [-0.2, -0.15) is 0 Å². The average molecular weight is 312 g/mol. The molecule has 4 rings (SSSR count). The number of benzene rings is 1. The molecule has 0 unspecified atom stereocenters. The van der Waals surface area contributed by atoms with Crippen molar-refractivity contribution in [2.75, 3.05) is 10.6 Å². The molecule has 1 aromatic carbocycles. The lowest BCUT2D eigenvalue weighted by molar-refractivity contribution is -0.120. The van der Waals surface area contributed by atoms with E-state index in [1.165, 1.54) is 63.4 Å². The van der Waals surface area contributed by atoms with Crippen LogP contribution < -0.4 is 10.6 Å². The Morgan fingerprint density at radius 1 is 1.00 bits per heavy atom. The van der Waals surface area contributed by atoms with E-state index < -0.39 is 0 Å². The van der Waals surface area contributed by atoms with Crippen LogP contribution in [0.3, 0.4) is 0 Å². The van der Waals surface area contributed by atoms with Crippen LogP contribution in [0.5, 0.6) is 0 Å². The third-order valence-corrected chi connectivity index (χ3v) is 6.48. The predicted octanol–water partition coefficient (Wildman–Crippen LogP) is 4.44. The van der Waals surface area contributed by atoms with Crippen LogP contribution in [0.25, 0.3) is 0 Å². The van der Waals surface area contributed by atoms with Crippen LogP contribution in [-0.2, 0) is 11.2 Å². The SMILES string of the molecule is Nc1ccc2c(c1)CCC(=O)N2C1(C2CCCCC2)CCCC1. The van der Waals surface area contributed by atoms with Crippen molar-refractivity contribution in [2.45, 2.75) is 76.2 Å². The molecular formula is C20H28N2O. The number of fused-ring (bicyclic) bond motifs is 1. The summed E-state index contributed by atoms with van der Waals surface area (Å²) in [5.74, 6) is 1.03. The molecule has 124 valence electrons. The molecule has 2 saturated carbocycles. The Balaban J connectivity index is 1.78. The summed E-state index contributed by atoms with van der Waals surface area (Å²) >= 11 is 0. The summed E-state index contributed by atoms with van der Waals surface area (Å²) in [6.45, 7) is 0. The number of rotatable bonds is 2. The van der Waals surface area contributed by atoms with E-state index >= 15 is 0 Å². The van der Waals surface area contributed by atoms with Gasteiger partial charge in [0.1, 0.15) is 0 Å². The molecule has 0 radical (unpaired) electrons. The molecule has 1 aromatic rings. The number of carbonyl (C=O) groups is 1. The van der Waals surface area contributed by atoms with E-state index in [1.807, 2.05) is 6.07 Å². The fraction of sp³-hybridized carbons (Fsp3) is 0.650. The quantitative estimate of drug-likeness (QED) is 0.821. The molecule has 2 aliphatic carbocycles. The van der Waals surface area contributed by atoms with E-state index in [0.29, 0.717) is 18.2 Å². The zero-order chi connectivity index (χ0) is 15.9. The number of carbonyl (C=O) groups excluding carboxylic acids is 1. The molecule has 3 aliphatic rings. The molecule has 1 aliphatic heterocycles. The minimum Gasteiger partial charge on any atom is -0.399 e. The van der Waals surface area contributed by atoms with Gasteiger partial charge in [-0.3, -0.25) is 4.79 Å². The molecule has 0 saturated heterocycles. The van der Waals surface area contributed by atoms with Gasteiger partial charge in [-0.15, -0.1) is 0 Å². The van der Waals surface area contributed by atoms with Crippen LogP contribution in [0.4, 0.5) is 11.4 Å². The summed E-state index contributed by atoms with van der Waals surface area (Å²) in [6.07, 6.45) is 13.0.